The van der Waals surface area contributed by atoms with Crippen molar-refractivity contribution in [2.45, 2.75) is 48.6 Å². The van der Waals surface area contributed by atoms with E-state index >= 15 is 0 Å². The molecule has 1 heterocycles. The number of fused-ring (bicyclic) bond motifs is 3. The lowest BCUT2D eigenvalue weighted by molar-refractivity contribution is 0.595. The Morgan fingerprint density at radius 2 is 1.39 bits per heavy atom. The van der Waals surface area contributed by atoms with Gasteiger partial charge in [0.15, 0.2) is 9.92 Å². The van der Waals surface area contributed by atoms with Crippen LogP contribution in [0.1, 0.15) is 34.7 Å². The zero-order valence-electron chi connectivity index (χ0n) is 17.4. The molecule has 0 aromatic heterocycles. The van der Waals surface area contributed by atoms with Crippen molar-refractivity contribution in [2.24, 2.45) is 3.77 Å². The van der Waals surface area contributed by atoms with Crippen molar-refractivity contribution in [1.82, 2.24) is 4.31 Å². The van der Waals surface area contributed by atoms with Crippen molar-refractivity contribution in [1.29, 1.82) is 0 Å². The first-order valence-electron chi connectivity index (χ1n) is 10.3. The minimum atomic E-state index is -4.11. The number of hydrogen-bond acceptors (Lipinski definition) is 3. The van der Waals surface area contributed by atoms with Gasteiger partial charge in [-0.15, -0.1) is 0 Å². The maximum Gasteiger partial charge on any atom is 0.291 e. The minimum Gasteiger partial charge on any atom is -0.227 e. The molecule has 0 saturated carbocycles. The van der Waals surface area contributed by atoms with E-state index in [0.29, 0.717) is 4.90 Å². The predicted octanol–water partition coefficient (Wildman–Crippen LogP) is 4.81. The summed E-state index contributed by atoms with van der Waals surface area (Å²) in [7, 11) is -7.47. The highest BCUT2D eigenvalue weighted by atomic mass is 32.3. The Hall–Kier alpha value is -2.48. The molecule has 2 unspecified atom stereocenters. The zero-order valence-corrected chi connectivity index (χ0v) is 19.1. The lowest BCUT2D eigenvalue weighted by atomic mass is 9.92. The van der Waals surface area contributed by atoms with Gasteiger partial charge < -0.3 is 0 Å². The van der Waals surface area contributed by atoms with Crippen molar-refractivity contribution >= 4 is 19.9 Å². The van der Waals surface area contributed by atoms with E-state index in [0.717, 1.165) is 29.5 Å². The number of nitrogens with zero attached hydrogens (tertiary/aromatic N) is 2. The molecule has 4 atom stereocenters. The third kappa shape index (κ3) is 3.50. The van der Waals surface area contributed by atoms with Crippen molar-refractivity contribution in [3.63, 3.8) is 0 Å². The Bertz CT molecular complexity index is 1370. The van der Waals surface area contributed by atoms with Gasteiger partial charge in [0.05, 0.1) is 15.8 Å². The summed E-state index contributed by atoms with van der Waals surface area (Å²) >= 11 is 0. The maximum absolute atomic E-state index is 14.5. The smallest absolute Gasteiger partial charge is 0.227 e. The predicted molar refractivity (Wildman–Crippen MR) is 122 cm³/mol. The van der Waals surface area contributed by atoms with Crippen LogP contribution in [-0.4, -0.2) is 23.0 Å². The first kappa shape index (κ1) is 20.4. The average molecular weight is 453 g/mol. The fourth-order valence-corrected chi connectivity index (χ4v) is 8.75. The fraction of sp³-hybridized carbons (Fsp3) is 0.250. The van der Waals surface area contributed by atoms with E-state index in [-0.39, 0.29) is 17.0 Å². The van der Waals surface area contributed by atoms with Gasteiger partial charge in [-0.05, 0) is 62.1 Å². The molecule has 1 aliphatic carbocycles. The van der Waals surface area contributed by atoms with E-state index < -0.39 is 19.9 Å². The normalized spacial score (nSPS) is 23.9. The molecule has 0 bridgehead atoms. The van der Waals surface area contributed by atoms with Gasteiger partial charge in [-0.1, -0.05) is 63.4 Å². The average Bonchev–Trinajstić information content (AvgIpc) is 3.50. The summed E-state index contributed by atoms with van der Waals surface area (Å²) in [5.41, 5.74) is 4.33. The summed E-state index contributed by atoms with van der Waals surface area (Å²) in [5, 5.41) is 0. The summed E-state index contributed by atoms with van der Waals surface area (Å²) in [4.78, 5) is 0.490. The van der Waals surface area contributed by atoms with Gasteiger partial charge in [-0.2, -0.15) is 12.7 Å². The molecule has 0 spiro atoms. The largest absolute Gasteiger partial charge is 0.291 e. The second kappa shape index (κ2) is 7.29. The number of benzene rings is 3. The Labute approximate surface area is 184 Å². The quantitative estimate of drug-likeness (QED) is 0.534. The number of sulfonamides is 1. The van der Waals surface area contributed by atoms with Crippen LogP contribution in [0.4, 0.5) is 0 Å². The van der Waals surface area contributed by atoms with E-state index in [2.05, 4.69) is 15.9 Å². The minimum absolute atomic E-state index is 0.0284. The molecule has 160 valence electrons. The molecule has 3 aromatic rings. The van der Waals surface area contributed by atoms with Crippen LogP contribution in [0.3, 0.4) is 0 Å². The molecule has 0 radical (unpaired) electrons. The molecule has 1 saturated heterocycles. The van der Waals surface area contributed by atoms with Gasteiger partial charge >= 0.3 is 0 Å². The SMILES string of the molecule is Cc1ccc(S(=O)(=O)N=S(=O)(c2ccc(C)cc2)N2[C@H]3CCc4ccccc4[C@@H]32)cc1. The lowest BCUT2D eigenvalue weighted by Crippen LogP contribution is -2.17. The van der Waals surface area contributed by atoms with Gasteiger partial charge in [0.2, 0.25) is 0 Å². The molecule has 1 aliphatic heterocycles. The Kier molecular flexibility index (Phi) is 4.80. The standard InChI is InChI=1S/C24H24N2O3S2/c1-17-7-12-20(13-8-17)30(27,25-31(28,29)21-14-9-18(2)10-15-21)26-23-16-11-19-5-3-4-6-22(19)24(23)26/h3-10,12-15,23-24H,11,16H2,1-2H3/t23-,24-,26?,30?/m0/s1. The monoisotopic (exact) mass is 452 g/mol. The van der Waals surface area contributed by atoms with Crippen molar-refractivity contribution in [2.75, 3.05) is 0 Å². The second-order valence-electron chi connectivity index (χ2n) is 8.28. The first-order chi connectivity index (χ1) is 14.8. The topological polar surface area (TPSA) is 66.6 Å². The van der Waals surface area contributed by atoms with Gasteiger partial charge in [0.25, 0.3) is 10.0 Å². The van der Waals surface area contributed by atoms with E-state index in [1.807, 2.05) is 42.4 Å². The number of rotatable bonds is 4. The summed E-state index contributed by atoms with van der Waals surface area (Å²) in [6.45, 7) is 3.83. The molecule has 5 rings (SSSR count). The maximum atomic E-state index is 14.5. The van der Waals surface area contributed by atoms with Crippen molar-refractivity contribution in [3.05, 3.63) is 95.1 Å². The molecule has 1 fully saturated rings. The molecule has 2 aliphatic rings. The second-order valence-corrected chi connectivity index (χ2v) is 12.2. The van der Waals surface area contributed by atoms with Crippen LogP contribution in [0.5, 0.6) is 0 Å². The van der Waals surface area contributed by atoms with Gasteiger partial charge in [-0.3, -0.25) is 0 Å². The highest BCUT2D eigenvalue weighted by Crippen LogP contribution is 2.54. The lowest BCUT2D eigenvalue weighted by Gasteiger charge is -2.14. The molecule has 0 N–H and O–H groups in total. The molecule has 3 aromatic carbocycles. The Morgan fingerprint density at radius 1 is 0.806 bits per heavy atom. The molecule has 7 heteroatoms. The Morgan fingerprint density at radius 3 is 2.03 bits per heavy atom. The van der Waals surface area contributed by atoms with Crippen LogP contribution < -0.4 is 0 Å². The van der Waals surface area contributed by atoms with E-state index in [9.17, 15) is 12.6 Å². The third-order valence-corrected chi connectivity index (χ3v) is 10.5. The summed E-state index contributed by atoms with van der Waals surface area (Å²) in [5.74, 6) is 0. The summed E-state index contributed by atoms with van der Waals surface area (Å²) < 4.78 is 46.8. The van der Waals surface area contributed by atoms with Gasteiger partial charge in [0, 0.05) is 6.04 Å². The van der Waals surface area contributed by atoms with E-state index in [4.69, 9.17) is 0 Å². The highest BCUT2D eigenvalue weighted by molar-refractivity contribution is 8.02. The molecular formula is C24H24N2O3S2. The van der Waals surface area contributed by atoms with Crippen LogP contribution in [-0.2, 0) is 26.4 Å². The highest BCUT2D eigenvalue weighted by Gasteiger charge is 2.57. The van der Waals surface area contributed by atoms with Gasteiger partial charge in [-0.25, -0.2) is 4.21 Å². The van der Waals surface area contributed by atoms with E-state index in [1.54, 1.807) is 24.3 Å². The number of hydrogen-bond donors (Lipinski definition) is 0. The molecular weight excluding hydrogens is 428 g/mol. The Balaban J connectivity index is 1.67. The van der Waals surface area contributed by atoms with Crippen LogP contribution in [0.25, 0.3) is 0 Å². The van der Waals surface area contributed by atoms with Crippen LogP contribution in [0.2, 0.25) is 0 Å². The summed E-state index contributed by atoms with van der Waals surface area (Å²) in [6, 6.07) is 21.8. The summed E-state index contributed by atoms with van der Waals surface area (Å²) in [6.07, 6.45) is 1.73. The molecule has 31 heavy (non-hydrogen) atoms. The van der Waals surface area contributed by atoms with Crippen LogP contribution >= 0.6 is 0 Å². The van der Waals surface area contributed by atoms with Crippen molar-refractivity contribution < 1.29 is 12.6 Å². The fourth-order valence-electron chi connectivity index (χ4n) is 4.38. The first-order valence-corrected chi connectivity index (χ1v) is 13.2. The zero-order chi connectivity index (χ0) is 21.8. The van der Waals surface area contributed by atoms with Crippen LogP contribution in [0.15, 0.2) is 86.4 Å². The number of aryl methyl sites for hydroxylation is 3. The van der Waals surface area contributed by atoms with E-state index in [1.165, 1.54) is 17.7 Å². The van der Waals surface area contributed by atoms with Gasteiger partial charge in [0.1, 0.15) is 0 Å². The third-order valence-electron chi connectivity index (χ3n) is 6.09. The van der Waals surface area contributed by atoms with Crippen molar-refractivity contribution in [3.8, 4) is 0 Å². The van der Waals surface area contributed by atoms with Crippen LogP contribution in [0, 0.1) is 13.8 Å². The molecule has 5 nitrogen and oxygen atoms in total. The molecule has 0 amide bonds.